The van der Waals surface area contributed by atoms with Gasteiger partial charge in [0.1, 0.15) is 0 Å². The summed E-state index contributed by atoms with van der Waals surface area (Å²) in [5.41, 5.74) is 0. The molecule has 0 aliphatic heterocycles. The third kappa shape index (κ3) is 1.75. The van der Waals surface area contributed by atoms with Crippen LogP contribution in [0.3, 0.4) is 0 Å². The molecule has 1 heteroatoms. The van der Waals surface area contributed by atoms with Crippen LogP contribution in [0.4, 0.5) is 0 Å². The van der Waals surface area contributed by atoms with E-state index >= 15 is 0 Å². The summed E-state index contributed by atoms with van der Waals surface area (Å²) in [7, 11) is 0. The average molecular weight is 300 g/mol. The Labute approximate surface area is 120 Å². The summed E-state index contributed by atoms with van der Waals surface area (Å²) < 4.78 is 1.34. The van der Waals surface area contributed by atoms with Crippen molar-refractivity contribution in [1.82, 2.24) is 0 Å². The Morgan fingerprint density at radius 3 is 1.84 bits per heavy atom. The second-order valence-electron chi connectivity index (χ2n) is 4.93. The van der Waals surface area contributed by atoms with Gasteiger partial charge in [-0.2, -0.15) is 0 Å². The summed E-state index contributed by atoms with van der Waals surface area (Å²) in [5.74, 6) is 0. The van der Waals surface area contributed by atoms with Crippen molar-refractivity contribution < 1.29 is 0 Å². The number of benzene rings is 4. The first-order valence-electron chi connectivity index (χ1n) is 6.38. The molecule has 4 aromatic carbocycles. The van der Waals surface area contributed by atoms with Gasteiger partial charge in [-0.1, -0.05) is 0 Å². The molecule has 0 saturated heterocycles. The van der Waals surface area contributed by atoms with Crippen molar-refractivity contribution in [1.29, 1.82) is 0 Å². The predicted molar refractivity (Wildman–Crippen MR) is 84.3 cm³/mol. The van der Waals surface area contributed by atoms with Crippen molar-refractivity contribution in [2.24, 2.45) is 0 Å². The molecule has 0 fully saturated rings. The molecule has 0 atom stereocenters. The van der Waals surface area contributed by atoms with Crippen molar-refractivity contribution in [2.75, 3.05) is 0 Å². The Bertz CT molecular complexity index is 922. The van der Waals surface area contributed by atoms with Gasteiger partial charge in [0.05, 0.1) is 0 Å². The van der Waals surface area contributed by atoms with E-state index in [1.165, 1.54) is 36.7 Å². The predicted octanol–water partition coefficient (Wildman–Crippen LogP) is 3.94. The van der Waals surface area contributed by atoms with Gasteiger partial charge >= 0.3 is 120 Å². The number of hydrogen-bond acceptors (Lipinski definition) is 0. The average Bonchev–Trinajstić information content (AvgIpc) is 2.44. The first-order chi connectivity index (χ1) is 9.31. The first-order valence-corrected chi connectivity index (χ1v) is 7.43. The molecule has 0 aliphatic rings. The van der Waals surface area contributed by atoms with E-state index in [9.17, 15) is 0 Å². The van der Waals surface area contributed by atoms with Crippen LogP contribution >= 0.6 is 0 Å². The Hall–Kier alpha value is -1.80. The van der Waals surface area contributed by atoms with Gasteiger partial charge in [-0.05, 0) is 0 Å². The molecule has 0 aromatic heterocycles. The number of fused-ring (bicyclic) bond motifs is 3. The third-order valence-corrected chi connectivity index (χ3v) is 4.62. The van der Waals surface area contributed by atoms with Crippen LogP contribution in [0.5, 0.6) is 0 Å². The van der Waals surface area contributed by atoms with Crippen LogP contribution in [-0.4, -0.2) is 16.5 Å². The van der Waals surface area contributed by atoms with Crippen molar-refractivity contribution in [2.45, 2.75) is 0 Å². The van der Waals surface area contributed by atoms with Crippen LogP contribution in [0.1, 0.15) is 0 Å². The topological polar surface area (TPSA) is 0 Å². The van der Waals surface area contributed by atoms with Gasteiger partial charge in [-0.15, -0.1) is 0 Å². The standard InChI is InChI=1S/C18H11Ge/c19-18-7-3-6-14-10-15-8-12-4-1-2-5-13(12)9-16(15)11-17(14)18/h1-11H. The molecular formula is C18H11Ge. The molecule has 0 heterocycles. The van der Waals surface area contributed by atoms with Gasteiger partial charge in [0.25, 0.3) is 0 Å². The van der Waals surface area contributed by atoms with E-state index in [4.69, 9.17) is 0 Å². The Morgan fingerprint density at radius 1 is 0.526 bits per heavy atom. The van der Waals surface area contributed by atoms with E-state index in [1.807, 2.05) is 0 Å². The van der Waals surface area contributed by atoms with E-state index in [0.717, 1.165) is 0 Å². The molecule has 0 bridgehead atoms. The molecule has 0 N–H and O–H groups in total. The van der Waals surface area contributed by atoms with Crippen LogP contribution in [0, 0.1) is 0 Å². The summed E-state index contributed by atoms with van der Waals surface area (Å²) >= 11 is 2.18. The van der Waals surface area contributed by atoms with Crippen LogP contribution in [0.15, 0.2) is 66.7 Å². The van der Waals surface area contributed by atoms with Crippen LogP contribution < -0.4 is 4.40 Å². The number of rotatable bonds is 0. The molecule has 4 aromatic rings. The molecule has 19 heavy (non-hydrogen) atoms. The van der Waals surface area contributed by atoms with Crippen molar-refractivity contribution in [3.63, 3.8) is 0 Å². The second-order valence-corrected chi connectivity index (χ2v) is 6.06. The second kappa shape index (κ2) is 4.11. The zero-order chi connectivity index (χ0) is 12.8. The zero-order valence-electron chi connectivity index (χ0n) is 10.4. The van der Waals surface area contributed by atoms with E-state index in [1.54, 1.807) is 0 Å². The van der Waals surface area contributed by atoms with E-state index < -0.39 is 0 Å². The molecule has 0 amide bonds. The van der Waals surface area contributed by atoms with Gasteiger partial charge in [0.15, 0.2) is 0 Å². The van der Waals surface area contributed by atoms with Crippen molar-refractivity contribution in [3.8, 4) is 0 Å². The molecule has 0 aliphatic carbocycles. The Balaban J connectivity index is 2.20. The molecule has 87 valence electrons. The summed E-state index contributed by atoms with van der Waals surface area (Å²) in [6.45, 7) is 0. The maximum absolute atomic E-state index is 2.31. The van der Waals surface area contributed by atoms with Crippen molar-refractivity contribution in [3.05, 3.63) is 66.7 Å². The van der Waals surface area contributed by atoms with Gasteiger partial charge in [0, 0.05) is 0 Å². The normalized spacial score (nSPS) is 11.4. The van der Waals surface area contributed by atoms with Gasteiger partial charge in [-0.3, -0.25) is 0 Å². The third-order valence-electron chi connectivity index (χ3n) is 3.70. The fourth-order valence-electron chi connectivity index (χ4n) is 2.72. The fraction of sp³-hybridized carbons (Fsp3) is 0. The van der Waals surface area contributed by atoms with E-state index in [-0.39, 0.29) is 0 Å². The van der Waals surface area contributed by atoms with Crippen molar-refractivity contribution >= 4 is 53.2 Å². The maximum atomic E-state index is 2.31. The summed E-state index contributed by atoms with van der Waals surface area (Å²) in [6, 6.07) is 24.2. The van der Waals surface area contributed by atoms with Crippen LogP contribution in [0.2, 0.25) is 0 Å². The van der Waals surface area contributed by atoms with E-state index in [0.29, 0.717) is 0 Å². The Kier molecular flexibility index (Phi) is 2.39. The van der Waals surface area contributed by atoms with Crippen LogP contribution in [-0.2, 0) is 0 Å². The summed E-state index contributed by atoms with van der Waals surface area (Å²) in [5, 5.41) is 7.93. The molecule has 0 saturated carbocycles. The molecular weight excluding hydrogens is 289 g/mol. The molecule has 0 spiro atoms. The first kappa shape index (κ1) is 11.1. The molecule has 0 unspecified atom stereocenters. The monoisotopic (exact) mass is 301 g/mol. The molecule has 4 rings (SSSR count). The van der Waals surface area contributed by atoms with Gasteiger partial charge in [0.2, 0.25) is 0 Å². The molecule has 0 nitrogen and oxygen atoms in total. The fourth-order valence-corrected chi connectivity index (χ4v) is 3.37. The summed E-state index contributed by atoms with van der Waals surface area (Å²) in [4.78, 5) is 0. The van der Waals surface area contributed by atoms with Gasteiger partial charge < -0.3 is 0 Å². The van der Waals surface area contributed by atoms with E-state index in [2.05, 4.69) is 83.2 Å². The quantitative estimate of drug-likeness (QED) is 0.341. The minimum atomic E-state index is 1.31. The zero-order valence-corrected chi connectivity index (χ0v) is 12.4. The van der Waals surface area contributed by atoms with Crippen LogP contribution in [0.25, 0.3) is 32.3 Å². The molecule has 3 radical (unpaired) electrons. The Morgan fingerprint density at radius 2 is 1.11 bits per heavy atom. The number of hydrogen-bond donors (Lipinski definition) is 0. The SMILES string of the molecule is [Ge][c]1cccc2cc3cc4ccccc4cc3cc12. The van der Waals surface area contributed by atoms with Gasteiger partial charge in [-0.25, -0.2) is 0 Å². The minimum absolute atomic E-state index is 1.31. The summed E-state index contributed by atoms with van der Waals surface area (Å²) in [6.07, 6.45) is 0.